The van der Waals surface area contributed by atoms with Gasteiger partial charge in [-0.15, -0.1) is 0 Å². The summed E-state index contributed by atoms with van der Waals surface area (Å²) in [6.07, 6.45) is 0. The average molecular weight is 374 g/mol. The largest absolute Gasteiger partial charge is 0.504 e. The fourth-order valence-electron chi connectivity index (χ4n) is 2.83. The summed E-state index contributed by atoms with van der Waals surface area (Å²) in [6, 6.07) is 6.55. The van der Waals surface area contributed by atoms with Crippen LogP contribution in [0.3, 0.4) is 0 Å². The quantitative estimate of drug-likeness (QED) is 0.702. The molecule has 0 radical (unpaired) electrons. The molecule has 8 nitrogen and oxygen atoms in total. The summed E-state index contributed by atoms with van der Waals surface area (Å²) in [5.41, 5.74) is -0.483. The molecule has 0 aliphatic heterocycles. The second-order valence-electron chi connectivity index (χ2n) is 5.49. The van der Waals surface area contributed by atoms with Gasteiger partial charge in [0, 0.05) is 5.56 Å². The summed E-state index contributed by atoms with van der Waals surface area (Å²) in [4.78, 5) is 12.8. The molecule has 0 bridgehead atoms. The fraction of sp³-hybridized carbons (Fsp3) is 0.211. The van der Waals surface area contributed by atoms with Crippen LogP contribution in [-0.2, 0) is 0 Å². The van der Waals surface area contributed by atoms with Gasteiger partial charge in [0.05, 0.1) is 28.4 Å². The van der Waals surface area contributed by atoms with Crippen LogP contribution in [0.25, 0.3) is 22.3 Å². The second kappa shape index (κ2) is 6.99. The molecule has 0 spiro atoms. The number of hydrogen-bond acceptors (Lipinski definition) is 8. The number of benzene rings is 2. The van der Waals surface area contributed by atoms with Gasteiger partial charge in [0.15, 0.2) is 17.1 Å². The normalized spacial score (nSPS) is 10.7. The van der Waals surface area contributed by atoms with Crippen molar-refractivity contribution in [3.8, 4) is 45.8 Å². The molecule has 3 rings (SSSR count). The predicted octanol–water partition coefficient (Wildman–Crippen LogP) is 2.91. The first-order valence-corrected chi connectivity index (χ1v) is 7.83. The molecule has 1 heterocycles. The van der Waals surface area contributed by atoms with Gasteiger partial charge in [-0.2, -0.15) is 0 Å². The molecule has 27 heavy (non-hydrogen) atoms. The van der Waals surface area contributed by atoms with Crippen LogP contribution < -0.4 is 24.4 Å². The molecule has 0 unspecified atom stereocenters. The summed E-state index contributed by atoms with van der Waals surface area (Å²) >= 11 is 0. The number of methoxy groups -OCH3 is 4. The number of phenols is 1. The maximum atomic E-state index is 12.8. The lowest BCUT2D eigenvalue weighted by molar-refractivity contribution is 0.311. The highest BCUT2D eigenvalue weighted by molar-refractivity contribution is 5.96. The Morgan fingerprint density at radius 2 is 1.37 bits per heavy atom. The van der Waals surface area contributed by atoms with Crippen LogP contribution >= 0.6 is 0 Å². The monoisotopic (exact) mass is 374 g/mol. The third-order valence-electron chi connectivity index (χ3n) is 4.12. The van der Waals surface area contributed by atoms with Gasteiger partial charge in [-0.3, -0.25) is 4.79 Å². The van der Waals surface area contributed by atoms with Gasteiger partial charge < -0.3 is 33.6 Å². The van der Waals surface area contributed by atoms with Gasteiger partial charge >= 0.3 is 0 Å². The smallest absolute Gasteiger partial charge is 0.239 e. The SMILES string of the molecule is COc1ccc(-c2oc3c(OC)c(OC)c(OC)c(O)c3c(=O)c2O)cc1. The maximum absolute atomic E-state index is 12.8. The average Bonchev–Trinajstić information content (AvgIpc) is 2.70. The minimum Gasteiger partial charge on any atom is -0.504 e. The number of hydrogen-bond donors (Lipinski definition) is 2. The van der Waals surface area contributed by atoms with Crippen molar-refractivity contribution >= 4 is 11.0 Å². The lowest BCUT2D eigenvalue weighted by atomic mass is 10.1. The first-order valence-electron chi connectivity index (χ1n) is 7.83. The summed E-state index contributed by atoms with van der Waals surface area (Å²) in [5.74, 6) is -0.657. The Morgan fingerprint density at radius 1 is 0.778 bits per heavy atom. The van der Waals surface area contributed by atoms with E-state index in [1.54, 1.807) is 24.3 Å². The predicted molar refractivity (Wildman–Crippen MR) is 97.5 cm³/mol. The summed E-state index contributed by atoms with van der Waals surface area (Å²) in [7, 11) is 5.54. The van der Waals surface area contributed by atoms with Crippen molar-refractivity contribution in [3.05, 3.63) is 34.5 Å². The third-order valence-corrected chi connectivity index (χ3v) is 4.12. The summed E-state index contributed by atoms with van der Waals surface area (Å²) in [6.45, 7) is 0. The standard InChI is InChI=1S/C19H18O8/c1-23-10-7-5-9(6-8-10)15-14(22)12(20)11-13(21)17(24-2)19(26-4)18(25-3)16(11)27-15/h5-8,21-22H,1-4H3. The van der Waals surface area contributed by atoms with Crippen LogP contribution in [0.2, 0.25) is 0 Å². The minimum atomic E-state index is -0.834. The van der Waals surface area contributed by atoms with Crippen molar-refractivity contribution < 1.29 is 33.6 Å². The highest BCUT2D eigenvalue weighted by atomic mass is 16.5. The van der Waals surface area contributed by atoms with E-state index in [0.717, 1.165) is 0 Å². The number of phenolic OH excluding ortho intramolecular Hbond substituents is 1. The van der Waals surface area contributed by atoms with Crippen molar-refractivity contribution in [1.29, 1.82) is 0 Å². The molecule has 3 aromatic rings. The maximum Gasteiger partial charge on any atom is 0.239 e. The molecule has 0 aliphatic rings. The van der Waals surface area contributed by atoms with E-state index in [1.165, 1.54) is 28.4 Å². The minimum absolute atomic E-state index is 0.0500. The van der Waals surface area contributed by atoms with Gasteiger partial charge in [0.2, 0.25) is 28.4 Å². The first-order chi connectivity index (χ1) is 13.0. The van der Waals surface area contributed by atoms with E-state index in [4.69, 9.17) is 23.4 Å². The van der Waals surface area contributed by atoms with Crippen LogP contribution in [0.5, 0.6) is 34.5 Å². The van der Waals surface area contributed by atoms with Crippen molar-refractivity contribution in [2.75, 3.05) is 28.4 Å². The second-order valence-corrected chi connectivity index (χ2v) is 5.49. The molecule has 0 saturated heterocycles. The van der Waals surface area contributed by atoms with E-state index in [2.05, 4.69) is 0 Å². The zero-order valence-corrected chi connectivity index (χ0v) is 15.2. The zero-order valence-electron chi connectivity index (χ0n) is 15.2. The van der Waals surface area contributed by atoms with Crippen LogP contribution in [0, 0.1) is 0 Å². The molecular formula is C19H18O8. The van der Waals surface area contributed by atoms with Crippen LogP contribution in [0.15, 0.2) is 33.5 Å². The van der Waals surface area contributed by atoms with E-state index in [9.17, 15) is 15.0 Å². The summed E-state index contributed by atoms with van der Waals surface area (Å²) < 4.78 is 26.5. The molecule has 0 saturated carbocycles. The van der Waals surface area contributed by atoms with Gasteiger partial charge in [0.1, 0.15) is 11.1 Å². The highest BCUT2D eigenvalue weighted by Gasteiger charge is 2.28. The van der Waals surface area contributed by atoms with Gasteiger partial charge in [-0.25, -0.2) is 0 Å². The van der Waals surface area contributed by atoms with Gasteiger partial charge in [-0.1, -0.05) is 0 Å². The molecule has 1 aromatic heterocycles. The highest BCUT2D eigenvalue weighted by Crippen LogP contribution is 2.50. The molecular weight excluding hydrogens is 356 g/mol. The van der Waals surface area contributed by atoms with Crippen molar-refractivity contribution in [3.63, 3.8) is 0 Å². The van der Waals surface area contributed by atoms with E-state index in [1.807, 2.05) is 0 Å². The van der Waals surface area contributed by atoms with E-state index in [0.29, 0.717) is 11.3 Å². The molecule has 0 aliphatic carbocycles. The van der Waals surface area contributed by atoms with E-state index >= 15 is 0 Å². The molecule has 0 atom stereocenters. The third kappa shape index (κ3) is 2.75. The molecule has 2 N–H and O–H groups in total. The topological polar surface area (TPSA) is 108 Å². The number of rotatable bonds is 5. The number of ether oxygens (including phenoxy) is 4. The molecule has 0 amide bonds. The molecule has 2 aromatic carbocycles. The molecule has 0 fully saturated rings. The Kier molecular flexibility index (Phi) is 4.72. The lowest BCUT2D eigenvalue weighted by Crippen LogP contribution is -2.06. The Hall–Kier alpha value is -3.55. The Balaban J connectivity index is 2.42. The van der Waals surface area contributed by atoms with Crippen LogP contribution in [0.4, 0.5) is 0 Å². The van der Waals surface area contributed by atoms with Crippen LogP contribution in [-0.4, -0.2) is 38.7 Å². The summed E-state index contributed by atoms with van der Waals surface area (Å²) in [5, 5.41) is 20.6. The van der Waals surface area contributed by atoms with E-state index < -0.39 is 16.9 Å². The molecule has 8 heteroatoms. The van der Waals surface area contributed by atoms with Gasteiger partial charge in [0.25, 0.3) is 0 Å². The lowest BCUT2D eigenvalue weighted by Gasteiger charge is -2.16. The van der Waals surface area contributed by atoms with Crippen molar-refractivity contribution in [2.24, 2.45) is 0 Å². The first kappa shape index (κ1) is 18.2. The van der Waals surface area contributed by atoms with E-state index in [-0.39, 0.29) is 34.0 Å². The molecule has 142 valence electrons. The van der Waals surface area contributed by atoms with Crippen LogP contribution in [0.1, 0.15) is 0 Å². The fourth-order valence-corrected chi connectivity index (χ4v) is 2.83. The Morgan fingerprint density at radius 3 is 1.89 bits per heavy atom. The number of aromatic hydroxyl groups is 2. The Bertz CT molecular complexity index is 1050. The van der Waals surface area contributed by atoms with Crippen molar-refractivity contribution in [2.45, 2.75) is 0 Å². The zero-order chi connectivity index (χ0) is 19.7. The Labute approximate surface area is 154 Å². The van der Waals surface area contributed by atoms with Gasteiger partial charge in [-0.05, 0) is 24.3 Å². The number of fused-ring (bicyclic) bond motifs is 1. The van der Waals surface area contributed by atoms with Crippen molar-refractivity contribution in [1.82, 2.24) is 0 Å².